The Hall–Kier alpha value is -1.49. The van der Waals surface area contributed by atoms with Gasteiger partial charge in [0.1, 0.15) is 0 Å². The van der Waals surface area contributed by atoms with Crippen LogP contribution in [0.5, 0.6) is 0 Å². The molecule has 3 heterocycles. The highest BCUT2D eigenvalue weighted by atomic mass is 32.2. The molecule has 3 aliphatic heterocycles. The van der Waals surface area contributed by atoms with Gasteiger partial charge in [-0.1, -0.05) is 18.2 Å². The lowest BCUT2D eigenvalue weighted by molar-refractivity contribution is -0.138. The molecule has 3 fully saturated rings. The number of carbonyl (C=O) groups excluding carboxylic acids is 1. The standard InChI is InChI=1S/C20H29N3O5S2/c24-20(22-12-10-21(11-13-22)18-8-14-29(25,26)16-18)17-5-4-9-23(15-17)30(27,28)19-6-2-1-3-7-19/h1-3,6-7,17-18H,4-5,8-16H2/t17-,18-/m0/s1. The second-order valence-corrected chi connectivity index (χ2v) is 12.6. The largest absolute Gasteiger partial charge is 0.340 e. The maximum Gasteiger partial charge on any atom is 0.243 e. The number of hydrogen-bond donors (Lipinski definition) is 0. The minimum absolute atomic E-state index is 0.0154. The van der Waals surface area contributed by atoms with Gasteiger partial charge < -0.3 is 4.90 Å². The molecule has 1 aromatic rings. The van der Waals surface area contributed by atoms with Gasteiger partial charge in [0.2, 0.25) is 15.9 Å². The number of nitrogens with zero attached hydrogens (tertiary/aromatic N) is 3. The number of sulfone groups is 1. The van der Waals surface area contributed by atoms with E-state index in [1.807, 2.05) is 4.90 Å². The summed E-state index contributed by atoms with van der Waals surface area (Å²) in [6.07, 6.45) is 2.04. The van der Waals surface area contributed by atoms with Crippen molar-refractivity contribution in [1.82, 2.24) is 14.1 Å². The van der Waals surface area contributed by atoms with E-state index in [1.54, 1.807) is 30.3 Å². The molecule has 2 atom stereocenters. The Morgan fingerprint density at radius 2 is 1.67 bits per heavy atom. The third-order valence-electron chi connectivity index (χ3n) is 6.47. The van der Waals surface area contributed by atoms with Crippen LogP contribution in [-0.4, -0.2) is 93.7 Å². The number of piperidine rings is 1. The molecule has 0 spiro atoms. The van der Waals surface area contributed by atoms with Crippen LogP contribution >= 0.6 is 0 Å². The van der Waals surface area contributed by atoms with E-state index in [4.69, 9.17) is 0 Å². The number of carbonyl (C=O) groups is 1. The van der Waals surface area contributed by atoms with E-state index in [2.05, 4.69) is 4.90 Å². The molecule has 10 heteroatoms. The highest BCUT2D eigenvalue weighted by molar-refractivity contribution is 7.91. The zero-order valence-corrected chi connectivity index (χ0v) is 18.7. The van der Waals surface area contributed by atoms with Gasteiger partial charge in [0.25, 0.3) is 0 Å². The Morgan fingerprint density at radius 1 is 0.967 bits per heavy atom. The molecule has 0 aliphatic carbocycles. The van der Waals surface area contributed by atoms with Crippen LogP contribution in [-0.2, 0) is 24.7 Å². The van der Waals surface area contributed by atoms with Gasteiger partial charge >= 0.3 is 0 Å². The molecule has 4 rings (SSSR count). The Morgan fingerprint density at radius 3 is 2.30 bits per heavy atom. The second kappa shape index (κ2) is 8.57. The molecular formula is C20H29N3O5S2. The molecule has 0 radical (unpaired) electrons. The molecule has 0 saturated carbocycles. The first-order chi connectivity index (χ1) is 14.3. The quantitative estimate of drug-likeness (QED) is 0.653. The normalized spacial score (nSPS) is 28.5. The van der Waals surface area contributed by atoms with Crippen molar-refractivity contribution in [3.8, 4) is 0 Å². The summed E-state index contributed by atoms with van der Waals surface area (Å²) in [5.74, 6) is 0.165. The van der Waals surface area contributed by atoms with Crippen molar-refractivity contribution >= 4 is 25.8 Å². The van der Waals surface area contributed by atoms with Crippen LogP contribution in [0.25, 0.3) is 0 Å². The summed E-state index contributed by atoms with van der Waals surface area (Å²) < 4.78 is 50.7. The zero-order valence-electron chi connectivity index (χ0n) is 17.0. The van der Waals surface area contributed by atoms with Crippen molar-refractivity contribution in [2.24, 2.45) is 5.92 Å². The number of piperazine rings is 1. The van der Waals surface area contributed by atoms with Gasteiger partial charge in [-0.15, -0.1) is 0 Å². The monoisotopic (exact) mass is 455 g/mol. The molecule has 166 valence electrons. The molecular weight excluding hydrogens is 426 g/mol. The number of rotatable bonds is 4. The van der Waals surface area contributed by atoms with Crippen molar-refractivity contribution in [3.05, 3.63) is 30.3 Å². The molecule has 0 bridgehead atoms. The summed E-state index contributed by atoms with van der Waals surface area (Å²) >= 11 is 0. The maximum absolute atomic E-state index is 13.1. The van der Waals surface area contributed by atoms with Gasteiger partial charge in [0.15, 0.2) is 9.84 Å². The highest BCUT2D eigenvalue weighted by Crippen LogP contribution is 2.26. The van der Waals surface area contributed by atoms with Gasteiger partial charge in [-0.2, -0.15) is 4.31 Å². The summed E-state index contributed by atoms with van der Waals surface area (Å²) in [7, 11) is -6.51. The van der Waals surface area contributed by atoms with E-state index < -0.39 is 19.9 Å². The van der Waals surface area contributed by atoms with E-state index in [-0.39, 0.29) is 40.8 Å². The Labute approximate surface area is 178 Å². The fourth-order valence-electron chi connectivity index (χ4n) is 4.73. The summed E-state index contributed by atoms with van der Waals surface area (Å²) in [5.41, 5.74) is 0. The Balaban J connectivity index is 1.35. The SMILES string of the molecule is O=C([C@H]1CCCN(S(=O)(=O)c2ccccc2)C1)N1CCN([C@H]2CCS(=O)(=O)C2)CC1. The van der Waals surface area contributed by atoms with Crippen molar-refractivity contribution in [2.75, 3.05) is 50.8 Å². The molecule has 0 unspecified atom stereocenters. The average molecular weight is 456 g/mol. The molecule has 30 heavy (non-hydrogen) atoms. The van der Waals surface area contributed by atoms with Crippen molar-refractivity contribution in [1.29, 1.82) is 0 Å². The number of benzene rings is 1. The minimum Gasteiger partial charge on any atom is -0.340 e. The Bertz CT molecular complexity index is 973. The third-order valence-corrected chi connectivity index (χ3v) is 10.1. The van der Waals surface area contributed by atoms with E-state index in [0.717, 1.165) is 0 Å². The van der Waals surface area contributed by atoms with Crippen LogP contribution in [0.3, 0.4) is 0 Å². The lowest BCUT2D eigenvalue weighted by Crippen LogP contribution is -2.55. The van der Waals surface area contributed by atoms with Crippen LogP contribution in [0.2, 0.25) is 0 Å². The first-order valence-electron chi connectivity index (χ1n) is 10.5. The van der Waals surface area contributed by atoms with Crippen LogP contribution < -0.4 is 0 Å². The molecule has 8 nitrogen and oxygen atoms in total. The predicted molar refractivity (Wildman–Crippen MR) is 113 cm³/mol. The van der Waals surface area contributed by atoms with Crippen LogP contribution in [0.1, 0.15) is 19.3 Å². The lowest BCUT2D eigenvalue weighted by atomic mass is 9.97. The van der Waals surface area contributed by atoms with Gasteiger partial charge in [-0.05, 0) is 31.4 Å². The molecule has 0 N–H and O–H groups in total. The number of hydrogen-bond acceptors (Lipinski definition) is 6. The molecule has 3 aliphatic rings. The van der Waals surface area contributed by atoms with E-state index in [1.165, 1.54) is 4.31 Å². The number of amides is 1. The van der Waals surface area contributed by atoms with Crippen molar-refractivity contribution in [2.45, 2.75) is 30.2 Å². The maximum atomic E-state index is 13.1. The van der Waals surface area contributed by atoms with Crippen LogP contribution in [0.4, 0.5) is 0 Å². The fourth-order valence-corrected chi connectivity index (χ4v) is 8.04. The number of sulfonamides is 1. The second-order valence-electron chi connectivity index (χ2n) is 8.43. The fraction of sp³-hybridized carbons (Fsp3) is 0.650. The van der Waals surface area contributed by atoms with Gasteiger partial charge in [-0.3, -0.25) is 9.69 Å². The lowest BCUT2D eigenvalue weighted by Gasteiger charge is -2.40. The van der Waals surface area contributed by atoms with Crippen molar-refractivity contribution in [3.63, 3.8) is 0 Å². The van der Waals surface area contributed by atoms with Gasteiger partial charge in [0, 0.05) is 45.3 Å². The highest BCUT2D eigenvalue weighted by Gasteiger charge is 2.38. The third kappa shape index (κ3) is 4.56. The molecule has 1 aromatic carbocycles. The first kappa shape index (κ1) is 21.7. The minimum atomic E-state index is -3.59. The van der Waals surface area contributed by atoms with Gasteiger partial charge in [-0.25, -0.2) is 16.8 Å². The summed E-state index contributed by atoms with van der Waals surface area (Å²) in [4.78, 5) is 17.4. The summed E-state index contributed by atoms with van der Waals surface area (Å²) in [6.45, 7) is 3.13. The van der Waals surface area contributed by atoms with Crippen molar-refractivity contribution < 1.29 is 21.6 Å². The first-order valence-corrected chi connectivity index (χ1v) is 13.8. The smallest absolute Gasteiger partial charge is 0.243 e. The molecule has 3 saturated heterocycles. The predicted octanol–water partition coefficient (Wildman–Crippen LogP) is 0.419. The Kier molecular flexibility index (Phi) is 6.20. The topological polar surface area (TPSA) is 95.1 Å². The molecule has 1 amide bonds. The summed E-state index contributed by atoms with van der Waals surface area (Å²) in [5, 5.41) is 0. The van der Waals surface area contributed by atoms with E-state index >= 15 is 0 Å². The molecule has 0 aromatic heterocycles. The van der Waals surface area contributed by atoms with E-state index in [9.17, 15) is 21.6 Å². The van der Waals surface area contributed by atoms with Gasteiger partial charge in [0.05, 0.1) is 22.3 Å². The zero-order chi connectivity index (χ0) is 21.4. The van der Waals surface area contributed by atoms with Crippen LogP contribution in [0.15, 0.2) is 35.2 Å². The van der Waals surface area contributed by atoms with E-state index in [0.29, 0.717) is 52.0 Å². The average Bonchev–Trinajstić information content (AvgIpc) is 3.14. The van der Waals surface area contributed by atoms with Crippen LogP contribution in [0, 0.1) is 5.92 Å². The summed E-state index contributed by atoms with van der Waals surface area (Å²) in [6, 6.07) is 8.42.